The van der Waals surface area contributed by atoms with Crippen molar-refractivity contribution in [3.63, 3.8) is 0 Å². The number of halogens is 1. The van der Waals surface area contributed by atoms with Crippen LogP contribution < -0.4 is 5.32 Å². The van der Waals surface area contributed by atoms with Gasteiger partial charge in [0.15, 0.2) is 0 Å². The predicted octanol–water partition coefficient (Wildman–Crippen LogP) is 1.66. The number of aromatic carboxylic acids is 1. The third-order valence-electron chi connectivity index (χ3n) is 2.52. The van der Waals surface area contributed by atoms with Crippen LogP contribution in [0.3, 0.4) is 0 Å². The molecule has 0 aliphatic rings. The Balaban J connectivity index is 2.00. The summed E-state index contributed by atoms with van der Waals surface area (Å²) in [7, 11) is 0. The maximum Gasteiger partial charge on any atom is 0.335 e. The summed E-state index contributed by atoms with van der Waals surface area (Å²) in [6, 6.07) is 4.12. The normalized spacial score (nSPS) is 10.2. The molecule has 0 fully saturated rings. The van der Waals surface area contributed by atoms with Crippen molar-refractivity contribution >= 4 is 29.2 Å². The molecule has 1 aromatic carbocycles. The zero-order valence-corrected chi connectivity index (χ0v) is 11.0. The molecule has 0 saturated heterocycles. The molecule has 0 saturated carbocycles. The lowest BCUT2D eigenvalue weighted by molar-refractivity contribution is -0.116. The first-order valence-corrected chi connectivity index (χ1v) is 6.09. The molecule has 7 nitrogen and oxygen atoms in total. The molecule has 2 rings (SSSR count). The summed E-state index contributed by atoms with van der Waals surface area (Å²) in [6.07, 6.45) is 3.06. The van der Waals surface area contributed by atoms with Gasteiger partial charge in [0.2, 0.25) is 5.91 Å². The van der Waals surface area contributed by atoms with E-state index in [2.05, 4.69) is 15.4 Å². The van der Waals surface area contributed by atoms with Gasteiger partial charge < -0.3 is 10.4 Å². The number of carboxylic acids is 1. The molecule has 2 N–H and O–H groups in total. The molecule has 1 amide bonds. The number of rotatable bonds is 5. The first kappa shape index (κ1) is 14.0. The van der Waals surface area contributed by atoms with E-state index in [-0.39, 0.29) is 28.6 Å². The highest BCUT2D eigenvalue weighted by molar-refractivity contribution is 6.33. The molecule has 1 heterocycles. The highest BCUT2D eigenvalue weighted by atomic mass is 35.5. The van der Waals surface area contributed by atoms with Crippen molar-refractivity contribution in [2.45, 2.75) is 13.0 Å². The molecule has 0 spiro atoms. The number of carbonyl (C=O) groups is 2. The highest BCUT2D eigenvalue weighted by Crippen LogP contribution is 2.23. The summed E-state index contributed by atoms with van der Waals surface area (Å²) in [5.41, 5.74) is 0.330. The first-order valence-electron chi connectivity index (χ1n) is 5.71. The van der Waals surface area contributed by atoms with Crippen molar-refractivity contribution in [1.82, 2.24) is 14.8 Å². The number of hydrogen-bond acceptors (Lipinski definition) is 4. The average Bonchev–Trinajstić information content (AvgIpc) is 2.92. The van der Waals surface area contributed by atoms with Crippen molar-refractivity contribution in [3.05, 3.63) is 41.4 Å². The summed E-state index contributed by atoms with van der Waals surface area (Å²) in [4.78, 5) is 26.4. The van der Waals surface area contributed by atoms with E-state index in [1.807, 2.05) is 0 Å². The molecule has 20 heavy (non-hydrogen) atoms. The van der Waals surface area contributed by atoms with Gasteiger partial charge in [-0.1, -0.05) is 11.6 Å². The maximum absolute atomic E-state index is 11.8. The lowest BCUT2D eigenvalue weighted by Crippen LogP contribution is -2.15. The van der Waals surface area contributed by atoms with Crippen molar-refractivity contribution in [2.24, 2.45) is 0 Å². The Morgan fingerprint density at radius 3 is 2.85 bits per heavy atom. The Kier molecular flexibility index (Phi) is 4.31. The second-order valence-corrected chi connectivity index (χ2v) is 4.36. The average molecular weight is 295 g/mol. The molecular formula is C12H11ClN4O3. The number of nitrogens with zero attached hydrogens (tertiary/aromatic N) is 3. The number of amides is 1. The van der Waals surface area contributed by atoms with E-state index in [0.29, 0.717) is 6.54 Å². The van der Waals surface area contributed by atoms with Gasteiger partial charge in [0.05, 0.1) is 22.8 Å². The topological polar surface area (TPSA) is 97.1 Å². The van der Waals surface area contributed by atoms with Gasteiger partial charge in [-0.15, -0.1) is 0 Å². The summed E-state index contributed by atoms with van der Waals surface area (Å²) in [6.45, 7) is 0.377. The van der Waals surface area contributed by atoms with Gasteiger partial charge in [-0.2, -0.15) is 5.10 Å². The van der Waals surface area contributed by atoms with Crippen LogP contribution in [0.25, 0.3) is 0 Å². The third-order valence-corrected chi connectivity index (χ3v) is 2.85. The van der Waals surface area contributed by atoms with Crippen LogP contribution in [0.5, 0.6) is 0 Å². The molecule has 2 aromatic rings. The van der Waals surface area contributed by atoms with E-state index in [1.165, 1.54) is 35.5 Å². The van der Waals surface area contributed by atoms with E-state index in [4.69, 9.17) is 16.7 Å². The molecule has 8 heteroatoms. The Hall–Kier alpha value is -2.41. The molecule has 0 atom stereocenters. The summed E-state index contributed by atoms with van der Waals surface area (Å²) >= 11 is 5.91. The Labute approximate surface area is 119 Å². The maximum atomic E-state index is 11.8. The highest BCUT2D eigenvalue weighted by Gasteiger charge is 2.10. The van der Waals surface area contributed by atoms with Crippen LogP contribution >= 0.6 is 11.6 Å². The number of aromatic nitrogens is 3. The molecule has 1 aromatic heterocycles. The summed E-state index contributed by atoms with van der Waals surface area (Å²) in [5, 5.41) is 15.6. The Bertz CT molecular complexity index is 628. The lowest BCUT2D eigenvalue weighted by Gasteiger charge is -2.08. The van der Waals surface area contributed by atoms with Crippen molar-refractivity contribution in [2.75, 3.05) is 5.32 Å². The number of anilines is 1. The molecule has 0 aliphatic heterocycles. The quantitative estimate of drug-likeness (QED) is 0.874. The minimum atomic E-state index is -1.08. The van der Waals surface area contributed by atoms with Gasteiger partial charge in [0.1, 0.15) is 12.7 Å². The van der Waals surface area contributed by atoms with E-state index in [1.54, 1.807) is 0 Å². The number of hydrogen-bond donors (Lipinski definition) is 2. The minimum Gasteiger partial charge on any atom is -0.478 e. The van der Waals surface area contributed by atoms with E-state index < -0.39 is 5.97 Å². The standard InChI is InChI=1S/C12H11ClN4O3/c13-9-2-1-8(12(19)20)5-10(9)16-11(18)3-4-17-7-14-6-15-17/h1-2,5-7H,3-4H2,(H,16,18)(H,19,20). The SMILES string of the molecule is O=C(CCn1cncn1)Nc1cc(C(=O)O)ccc1Cl. The van der Waals surface area contributed by atoms with Crippen LogP contribution in [-0.2, 0) is 11.3 Å². The smallest absolute Gasteiger partial charge is 0.335 e. The van der Waals surface area contributed by atoms with Gasteiger partial charge in [0.25, 0.3) is 0 Å². The van der Waals surface area contributed by atoms with Crippen LogP contribution in [0.2, 0.25) is 5.02 Å². The fourth-order valence-electron chi connectivity index (χ4n) is 1.53. The molecule has 0 bridgehead atoms. The van der Waals surface area contributed by atoms with E-state index >= 15 is 0 Å². The summed E-state index contributed by atoms with van der Waals surface area (Å²) < 4.78 is 1.52. The van der Waals surface area contributed by atoms with Gasteiger partial charge >= 0.3 is 5.97 Å². The van der Waals surface area contributed by atoms with E-state index in [0.717, 1.165) is 0 Å². The van der Waals surface area contributed by atoms with Gasteiger partial charge in [0, 0.05) is 6.42 Å². The van der Waals surface area contributed by atoms with Crippen molar-refractivity contribution < 1.29 is 14.7 Å². The fraction of sp³-hybridized carbons (Fsp3) is 0.167. The molecular weight excluding hydrogens is 284 g/mol. The molecule has 0 unspecified atom stereocenters. The second kappa shape index (κ2) is 6.16. The Morgan fingerprint density at radius 1 is 1.40 bits per heavy atom. The van der Waals surface area contributed by atoms with Gasteiger partial charge in [-0.25, -0.2) is 9.78 Å². The number of carboxylic acid groups (broad SMARTS) is 1. The number of aryl methyl sites for hydroxylation is 1. The second-order valence-electron chi connectivity index (χ2n) is 3.96. The van der Waals surface area contributed by atoms with E-state index in [9.17, 15) is 9.59 Å². The van der Waals surface area contributed by atoms with Crippen molar-refractivity contribution in [3.8, 4) is 0 Å². The van der Waals surface area contributed by atoms with Crippen molar-refractivity contribution in [1.29, 1.82) is 0 Å². The summed E-state index contributed by atoms with van der Waals surface area (Å²) in [5.74, 6) is -1.37. The van der Waals surface area contributed by atoms with Gasteiger partial charge in [-0.3, -0.25) is 9.48 Å². The van der Waals surface area contributed by atoms with Crippen LogP contribution in [0, 0.1) is 0 Å². The molecule has 0 aliphatic carbocycles. The van der Waals surface area contributed by atoms with Crippen LogP contribution in [-0.4, -0.2) is 31.7 Å². The zero-order chi connectivity index (χ0) is 14.5. The molecule has 104 valence electrons. The lowest BCUT2D eigenvalue weighted by atomic mass is 10.2. The number of nitrogens with one attached hydrogen (secondary N) is 1. The first-order chi connectivity index (χ1) is 9.56. The molecule has 0 radical (unpaired) electrons. The Morgan fingerprint density at radius 2 is 2.20 bits per heavy atom. The van der Waals surface area contributed by atoms with Crippen LogP contribution in [0.1, 0.15) is 16.8 Å². The minimum absolute atomic E-state index is 0.0565. The zero-order valence-electron chi connectivity index (χ0n) is 10.3. The predicted molar refractivity (Wildman–Crippen MR) is 71.7 cm³/mol. The largest absolute Gasteiger partial charge is 0.478 e. The number of carbonyl (C=O) groups excluding carboxylic acids is 1. The van der Waals surface area contributed by atoms with Crippen LogP contribution in [0.4, 0.5) is 5.69 Å². The number of benzene rings is 1. The monoisotopic (exact) mass is 294 g/mol. The van der Waals surface area contributed by atoms with Crippen LogP contribution in [0.15, 0.2) is 30.9 Å². The fourth-order valence-corrected chi connectivity index (χ4v) is 1.70. The van der Waals surface area contributed by atoms with Gasteiger partial charge in [-0.05, 0) is 18.2 Å². The third kappa shape index (κ3) is 3.55.